The predicted octanol–water partition coefficient (Wildman–Crippen LogP) is 8.04. The number of allylic oxidation sites excluding steroid dienone is 1. The molecule has 2 unspecified atom stereocenters. The van der Waals surface area contributed by atoms with Gasteiger partial charge in [0.15, 0.2) is 12.3 Å². The first kappa shape index (κ1) is 36.2. The molecule has 1 amide bonds. The number of hydrogen-bond donors (Lipinski definition) is 1. The molecule has 6 heteroatoms. The summed E-state index contributed by atoms with van der Waals surface area (Å²) < 4.78 is 12.4. The number of amides is 1. The van der Waals surface area contributed by atoms with Gasteiger partial charge >= 0.3 is 7.80 Å². The minimum absolute atomic E-state index is 0.119. The Morgan fingerprint density at radius 1 is 0.838 bits per heavy atom. The molecule has 0 radical (unpaired) electrons. The quantitative estimate of drug-likeness (QED) is 0.0684. The lowest BCUT2D eigenvalue weighted by molar-refractivity contribution is -0.132. The molecule has 0 aliphatic carbocycles. The Balaban J connectivity index is 4.74. The van der Waals surface area contributed by atoms with Crippen LogP contribution >= 0.6 is 7.80 Å². The maximum atomic E-state index is 13.1. The molecule has 0 saturated carbocycles. The average Bonchev–Trinajstić information content (AvgIpc) is 2.87. The highest BCUT2D eigenvalue weighted by Crippen LogP contribution is 2.23. The standard InChI is InChI=1S/C31H62N2O3P/c1-6-9-12-13-14-15-16-19-24-33(27-30(34)28-37(36)26-25-32(4)5)31(35)23-18-17-22-29(20-10-7-2)21-11-8-3/h16,19,29-30,34H,6-15,17-18,20-28H2,1-5H3/q+1. The third-order valence-corrected chi connectivity index (χ3v) is 8.67. The molecule has 0 aliphatic heterocycles. The van der Waals surface area contributed by atoms with E-state index in [1.165, 1.54) is 77.0 Å². The fourth-order valence-electron chi connectivity index (χ4n) is 4.70. The number of unbranched alkanes of at least 4 members (excludes halogenated alkanes) is 8. The summed E-state index contributed by atoms with van der Waals surface area (Å²) in [6, 6.07) is 0. The van der Waals surface area contributed by atoms with Gasteiger partial charge in [-0.25, -0.2) is 0 Å². The molecule has 2 atom stereocenters. The van der Waals surface area contributed by atoms with Gasteiger partial charge in [0.2, 0.25) is 5.91 Å². The first-order valence-corrected chi connectivity index (χ1v) is 17.1. The van der Waals surface area contributed by atoms with Gasteiger partial charge in [-0.2, -0.15) is 0 Å². The summed E-state index contributed by atoms with van der Waals surface area (Å²) >= 11 is 0. The van der Waals surface area contributed by atoms with Crippen molar-refractivity contribution in [2.45, 2.75) is 130 Å². The zero-order valence-corrected chi connectivity index (χ0v) is 26.2. The van der Waals surface area contributed by atoms with Gasteiger partial charge in [-0.1, -0.05) is 115 Å². The van der Waals surface area contributed by atoms with Crippen LogP contribution < -0.4 is 0 Å². The van der Waals surface area contributed by atoms with Crippen molar-refractivity contribution in [2.75, 3.05) is 46.1 Å². The smallest absolute Gasteiger partial charge is 0.342 e. The third kappa shape index (κ3) is 22.9. The number of rotatable bonds is 26. The number of aliphatic hydroxyl groups is 1. The van der Waals surface area contributed by atoms with Crippen LogP contribution in [0.4, 0.5) is 0 Å². The summed E-state index contributed by atoms with van der Waals surface area (Å²) in [5.41, 5.74) is 0. The monoisotopic (exact) mass is 541 g/mol. The first-order valence-electron chi connectivity index (χ1n) is 15.5. The highest BCUT2D eigenvalue weighted by atomic mass is 31.1. The molecule has 0 aliphatic rings. The van der Waals surface area contributed by atoms with Crippen LogP contribution in [0.5, 0.6) is 0 Å². The number of hydrogen-bond acceptors (Lipinski definition) is 4. The molecule has 0 aromatic rings. The Morgan fingerprint density at radius 2 is 1.46 bits per heavy atom. The van der Waals surface area contributed by atoms with Crippen molar-refractivity contribution in [1.82, 2.24) is 9.80 Å². The van der Waals surface area contributed by atoms with Gasteiger partial charge in [0.25, 0.3) is 0 Å². The van der Waals surface area contributed by atoms with E-state index >= 15 is 0 Å². The van der Waals surface area contributed by atoms with Crippen LogP contribution in [0.15, 0.2) is 12.2 Å². The van der Waals surface area contributed by atoms with Crippen molar-refractivity contribution < 1.29 is 14.5 Å². The van der Waals surface area contributed by atoms with Gasteiger partial charge in [-0.15, -0.1) is 0 Å². The maximum absolute atomic E-state index is 13.1. The van der Waals surface area contributed by atoms with E-state index in [-0.39, 0.29) is 18.6 Å². The molecular weight excluding hydrogens is 479 g/mol. The molecule has 218 valence electrons. The van der Waals surface area contributed by atoms with Crippen LogP contribution in [0.25, 0.3) is 0 Å². The summed E-state index contributed by atoms with van der Waals surface area (Å²) in [4.78, 5) is 16.9. The van der Waals surface area contributed by atoms with Crippen LogP contribution in [0, 0.1) is 5.92 Å². The maximum Gasteiger partial charge on any atom is 0.342 e. The molecule has 0 fully saturated rings. The van der Waals surface area contributed by atoms with Crippen molar-refractivity contribution in [2.24, 2.45) is 5.92 Å². The largest absolute Gasteiger partial charge is 0.387 e. The van der Waals surface area contributed by atoms with Gasteiger partial charge in [0.05, 0.1) is 6.54 Å². The normalized spacial score (nSPS) is 13.1. The van der Waals surface area contributed by atoms with Crippen molar-refractivity contribution >= 4 is 13.7 Å². The molecular formula is C31H62N2O3P+. The number of carbonyl (C=O) groups excluding carboxylic acids is 1. The highest BCUT2D eigenvalue weighted by molar-refractivity contribution is 7.44. The van der Waals surface area contributed by atoms with Crippen LogP contribution in [-0.4, -0.2) is 73.0 Å². The second kappa shape index (κ2) is 25.5. The molecule has 0 saturated heterocycles. The lowest BCUT2D eigenvalue weighted by Gasteiger charge is -2.23. The lowest BCUT2D eigenvalue weighted by atomic mass is 9.91. The van der Waals surface area contributed by atoms with E-state index in [2.05, 4.69) is 32.9 Å². The third-order valence-electron chi connectivity index (χ3n) is 7.15. The first-order chi connectivity index (χ1) is 17.8. The van der Waals surface area contributed by atoms with E-state index in [1.54, 1.807) is 4.90 Å². The molecule has 1 N–H and O–H groups in total. The Morgan fingerprint density at radius 3 is 2.08 bits per heavy atom. The van der Waals surface area contributed by atoms with E-state index < -0.39 is 13.9 Å². The van der Waals surface area contributed by atoms with E-state index in [0.29, 0.717) is 19.1 Å². The summed E-state index contributed by atoms with van der Waals surface area (Å²) in [5, 5.41) is 10.6. The highest BCUT2D eigenvalue weighted by Gasteiger charge is 2.25. The van der Waals surface area contributed by atoms with Crippen LogP contribution in [0.2, 0.25) is 0 Å². The summed E-state index contributed by atoms with van der Waals surface area (Å²) in [5.74, 6) is 0.917. The number of carbonyl (C=O) groups is 1. The molecule has 0 rings (SSSR count). The predicted molar refractivity (Wildman–Crippen MR) is 162 cm³/mol. The van der Waals surface area contributed by atoms with E-state index in [0.717, 1.165) is 31.7 Å². The van der Waals surface area contributed by atoms with Crippen molar-refractivity contribution in [3.05, 3.63) is 12.2 Å². The minimum Gasteiger partial charge on any atom is -0.387 e. The zero-order chi connectivity index (χ0) is 27.7. The van der Waals surface area contributed by atoms with Crippen LogP contribution in [0.1, 0.15) is 124 Å². The number of nitrogens with zero attached hydrogens (tertiary/aromatic N) is 2. The molecule has 0 spiro atoms. The molecule has 5 nitrogen and oxygen atoms in total. The van der Waals surface area contributed by atoms with Gasteiger partial charge in [-0.3, -0.25) is 4.79 Å². The fourth-order valence-corrected chi connectivity index (χ4v) is 6.09. The van der Waals surface area contributed by atoms with E-state index in [1.807, 2.05) is 19.0 Å². The Bertz CT molecular complexity index is 575. The van der Waals surface area contributed by atoms with Gasteiger partial charge in [0.1, 0.15) is 6.10 Å². The van der Waals surface area contributed by atoms with Gasteiger partial charge in [0, 0.05) is 19.5 Å². The van der Waals surface area contributed by atoms with Crippen molar-refractivity contribution in [3.63, 3.8) is 0 Å². The average molecular weight is 542 g/mol. The molecule has 0 aromatic carbocycles. The number of aliphatic hydroxyl groups excluding tert-OH is 1. The summed E-state index contributed by atoms with van der Waals surface area (Å²) in [6.07, 6.45) is 23.3. The van der Waals surface area contributed by atoms with Gasteiger partial charge in [-0.05, 0) is 39.3 Å². The van der Waals surface area contributed by atoms with Crippen molar-refractivity contribution in [1.29, 1.82) is 0 Å². The summed E-state index contributed by atoms with van der Waals surface area (Å²) in [6.45, 7) is 8.32. The lowest BCUT2D eigenvalue weighted by Crippen LogP contribution is -2.38. The van der Waals surface area contributed by atoms with Crippen LogP contribution in [-0.2, 0) is 9.36 Å². The summed E-state index contributed by atoms with van der Waals surface area (Å²) in [7, 11) is 2.47. The molecule has 0 aromatic heterocycles. The fraction of sp³-hybridized carbons (Fsp3) is 0.903. The minimum atomic E-state index is -1.46. The topological polar surface area (TPSA) is 60.9 Å². The Labute approximate surface area is 231 Å². The molecule has 0 heterocycles. The Hall–Kier alpha value is -0.770. The van der Waals surface area contributed by atoms with Gasteiger partial charge < -0.3 is 14.9 Å². The molecule has 0 bridgehead atoms. The second-order valence-electron chi connectivity index (χ2n) is 11.2. The van der Waals surface area contributed by atoms with E-state index in [9.17, 15) is 14.5 Å². The Kier molecular flexibility index (Phi) is 25.0. The van der Waals surface area contributed by atoms with Crippen molar-refractivity contribution in [3.8, 4) is 0 Å². The molecule has 37 heavy (non-hydrogen) atoms. The van der Waals surface area contributed by atoms with Crippen LogP contribution in [0.3, 0.4) is 0 Å². The SMILES string of the molecule is CCCCCCCC=CCN(CC(O)C[P+](=O)CCN(C)C)C(=O)CCCCC(CCCC)CCCC. The zero-order valence-electron chi connectivity index (χ0n) is 25.3. The van der Waals surface area contributed by atoms with E-state index in [4.69, 9.17) is 0 Å². The second-order valence-corrected chi connectivity index (χ2v) is 13.0.